The molecule has 0 unspecified atom stereocenters. The summed E-state index contributed by atoms with van der Waals surface area (Å²) < 4.78 is 25.7. The van der Waals surface area contributed by atoms with Crippen molar-refractivity contribution in [1.82, 2.24) is 19.9 Å². The van der Waals surface area contributed by atoms with Crippen LogP contribution in [0.1, 0.15) is 32.9 Å². The highest BCUT2D eigenvalue weighted by Crippen LogP contribution is 2.20. The first-order valence-corrected chi connectivity index (χ1v) is 10.1. The average Bonchev–Trinajstić information content (AvgIpc) is 3.34. The molecular weight excluding hydrogens is 437 g/mol. The second-order valence-electron chi connectivity index (χ2n) is 7.13. The molecule has 0 spiro atoms. The highest BCUT2D eigenvalue weighted by Gasteiger charge is 2.21. The molecule has 32 heavy (non-hydrogen) atoms. The van der Waals surface area contributed by atoms with Crippen molar-refractivity contribution >= 4 is 23.5 Å². The van der Waals surface area contributed by atoms with Gasteiger partial charge in [-0.15, -0.1) is 5.10 Å². The number of carbonyl (C=O) groups is 1. The van der Waals surface area contributed by atoms with Gasteiger partial charge in [-0.3, -0.25) is 10.1 Å². The van der Waals surface area contributed by atoms with Crippen molar-refractivity contribution in [2.45, 2.75) is 27.0 Å². The van der Waals surface area contributed by atoms with Gasteiger partial charge in [0.15, 0.2) is 5.69 Å². The Morgan fingerprint density at radius 1 is 1.25 bits per heavy atom. The maximum atomic E-state index is 13.2. The Bertz CT molecular complexity index is 1270. The first kappa shape index (κ1) is 21.5. The molecule has 0 saturated heterocycles. The van der Waals surface area contributed by atoms with Gasteiger partial charge in [-0.25, -0.2) is 14.1 Å². The van der Waals surface area contributed by atoms with Crippen LogP contribution in [-0.4, -0.2) is 25.8 Å². The molecular formula is C22H19ClFN5O3. The van der Waals surface area contributed by atoms with E-state index < -0.39 is 11.7 Å². The van der Waals surface area contributed by atoms with Crippen molar-refractivity contribution in [2.24, 2.45) is 0 Å². The average molecular weight is 456 g/mol. The van der Waals surface area contributed by atoms with E-state index in [4.69, 9.17) is 20.9 Å². The smallest absolute Gasteiger partial charge is 0.280 e. The van der Waals surface area contributed by atoms with E-state index in [1.807, 2.05) is 31.2 Å². The van der Waals surface area contributed by atoms with E-state index in [1.165, 1.54) is 23.1 Å². The zero-order valence-corrected chi connectivity index (χ0v) is 18.1. The Morgan fingerprint density at radius 3 is 2.88 bits per heavy atom. The second-order valence-corrected chi connectivity index (χ2v) is 7.53. The molecule has 0 radical (unpaired) electrons. The van der Waals surface area contributed by atoms with Gasteiger partial charge in [0.25, 0.3) is 5.91 Å². The Kier molecular flexibility index (Phi) is 6.18. The molecule has 0 aliphatic carbocycles. The Balaban J connectivity index is 1.43. The quantitative estimate of drug-likeness (QED) is 0.439. The summed E-state index contributed by atoms with van der Waals surface area (Å²) >= 11 is 6.05. The van der Waals surface area contributed by atoms with Crippen molar-refractivity contribution in [3.63, 3.8) is 0 Å². The molecule has 8 nitrogen and oxygen atoms in total. The van der Waals surface area contributed by atoms with Gasteiger partial charge in [0.2, 0.25) is 5.95 Å². The van der Waals surface area contributed by atoms with Crippen LogP contribution in [0.3, 0.4) is 0 Å². The molecule has 0 bridgehead atoms. The third kappa shape index (κ3) is 4.94. The molecule has 2 aromatic heterocycles. The van der Waals surface area contributed by atoms with Crippen molar-refractivity contribution in [1.29, 1.82) is 0 Å². The van der Waals surface area contributed by atoms with Crippen LogP contribution in [-0.2, 0) is 13.2 Å². The van der Waals surface area contributed by atoms with E-state index in [0.717, 1.165) is 5.56 Å². The van der Waals surface area contributed by atoms with Gasteiger partial charge < -0.3 is 9.26 Å². The summed E-state index contributed by atoms with van der Waals surface area (Å²) in [6, 6.07) is 11.7. The fourth-order valence-electron chi connectivity index (χ4n) is 3.01. The van der Waals surface area contributed by atoms with Crippen LogP contribution in [0.4, 0.5) is 10.3 Å². The number of amides is 1. The fraction of sp³-hybridized carbons (Fsp3) is 0.182. The number of aryl methyl sites for hydroxylation is 2. The molecule has 164 valence electrons. The monoisotopic (exact) mass is 455 g/mol. The van der Waals surface area contributed by atoms with Crippen molar-refractivity contribution in [3.8, 4) is 5.75 Å². The van der Waals surface area contributed by atoms with Crippen molar-refractivity contribution in [2.75, 3.05) is 5.32 Å². The lowest BCUT2D eigenvalue weighted by molar-refractivity contribution is 0.101. The minimum Gasteiger partial charge on any atom is -0.489 e. The number of nitrogens with one attached hydrogen (secondary N) is 1. The van der Waals surface area contributed by atoms with E-state index in [-0.39, 0.29) is 29.8 Å². The maximum absolute atomic E-state index is 13.2. The van der Waals surface area contributed by atoms with E-state index in [0.29, 0.717) is 22.6 Å². The molecule has 0 aliphatic heterocycles. The Hall–Kier alpha value is -3.72. The zero-order chi connectivity index (χ0) is 22.7. The van der Waals surface area contributed by atoms with Crippen LogP contribution >= 0.6 is 11.6 Å². The molecule has 1 N–H and O–H groups in total. The van der Waals surface area contributed by atoms with Gasteiger partial charge in [0, 0.05) is 5.02 Å². The summed E-state index contributed by atoms with van der Waals surface area (Å²) in [7, 11) is 0. The standard InChI is InChI=1S/C22H19ClFN5O3/c1-13-4-3-5-17(8-13)31-11-18-14(2)32-28-20(18)21(30)26-22-25-12-29(27-22)10-15-6-7-16(24)9-19(15)23/h3-9,12H,10-11H2,1-2H3,(H,26,27,30). The van der Waals surface area contributed by atoms with Crippen LogP contribution in [0.2, 0.25) is 5.02 Å². The number of ether oxygens (including phenoxy) is 1. The number of halogens is 2. The van der Waals surface area contributed by atoms with Gasteiger partial charge in [0.1, 0.15) is 30.3 Å². The summed E-state index contributed by atoms with van der Waals surface area (Å²) in [5.74, 6) is 0.293. The molecule has 4 aromatic rings. The van der Waals surface area contributed by atoms with Crippen LogP contribution in [0, 0.1) is 19.7 Å². The Morgan fingerprint density at radius 2 is 2.09 bits per heavy atom. The third-order valence-electron chi connectivity index (χ3n) is 4.68. The zero-order valence-electron chi connectivity index (χ0n) is 17.3. The maximum Gasteiger partial charge on any atom is 0.280 e. The molecule has 0 fully saturated rings. The van der Waals surface area contributed by atoms with Crippen molar-refractivity contribution in [3.05, 3.63) is 87.8 Å². The summed E-state index contributed by atoms with van der Waals surface area (Å²) in [5, 5.41) is 10.9. The normalized spacial score (nSPS) is 10.9. The summed E-state index contributed by atoms with van der Waals surface area (Å²) in [6.45, 7) is 4.05. The number of hydrogen-bond donors (Lipinski definition) is 1. The molecule has 2 aromatic carbocycles. The summed E-state index contributed by atoms with van der Waals surface area (Å²) in [4.78, 5) is 16.8. The summed E-state index contributed by atoms with van der Waals surface area (Å²) in [6.07, 6.45) is 1.44. The Labute approximate surface area is 188 Å². The van der Waals surface area contributed by atoms with Crippen molar-refractivity contribution < 1.29 is 18.4 Å². The first-order chi connectivity index (χ1) is 15.4. The first-order valence-electron chi connectivity index (χ1n) is 9.68. The number of nitrogens with zero attached hydrogens (tertiary/aromatic N) is 4. The molecule has 0 atom stereocenters. The molecule has 0 aliphatic rings. The number of carbonyl (C=O) groups excluding carboxylic acids is 1. The number of hydrogen-bond acceptors (Lipinski definition) is 6. The van der Waals surface area contributed by atoms with Crippen LogP contribution < -0.4 is 10.1 Å². The van der Waals surface area contributed by atoms with E-state index in [1.54, 1.807) is 13.0 Å². The number of rotatable bonds is 7. The lowest BCUT2D eigenvalue weighted by Crippen LogP contribution is -2.16. The van der Waals surface area contributed by atoms with Gasteiger partial charge in [0.05, 0.1) is 12.1 Å². The molecule has 1 amide bonds. The lowest BCUT2D eigenvalue weighted by atomic mass is 10.2. The van der Waals surface area contributed by atoms with E-state index >= 15 is 0 Å². The number of aromatic nitrogens is 4. The van der Waals surface area contributed by atoms with E-state index in [9.17, 15) is 9.18 Å². The number of anilines is 1. The molecule has 4 rings (SSSR count). The lowest BCUT2D eigenvalue weighted by Gasteiger charge is -2.07. The SMILES string of the molecule is Cc1cccc(OCc2c(C(=O)Nc3ncn(Cc4ccc(F)cc4Cl)n3)noc2C)c1. The highest BCUT2D eigenvalue weighted by molar-refractivity contribution is 6.31. The molecule has 10 heteroatoms. The number of benzene rings is 2. The second kappa shape index (κ2) is 9.19. The van der Waals surface area contributed by atoms with E-state index in [2.05, 4.69) is 20.6 Å². The molecule has 0 saturated carbocycles. The van der Waals surface area contributed by atoms with Crippen LogP contribution in [0.25, 0.3) is 0 Å². The third-order valence-corrected chi connectivity index (χ3v) is 5.03. The molecule has 2 heterocycles. The van der Waals surface area contributed by atoms with Gasteiger partial charge in [-0.05, 0) is 49.2 Å². The fourth-order valence-corrected chi connectivity index (χ4v) is 3.24. The predicted molar refractivity (Wildman–Crippen MR) is 115 cm³/mol. The van der Waals surface area contributed by atoms with Crippen LogP contribution in [0.5, 0.6) is 5.75 Å². The predicted octanol–water partition coefficient (Wildman–Crippen LogP) is 4.56. The minimum atomic E-state index is -0.526. The van der Waals surface area contributed by atoms with Crippen LogP contribution in [0.15, 0.2) is 53.3 Å². The summed E-state index contributed by atoms with van der Waals surface area (Å²) in [5.41, 5.74) is 2.35. The largest absolute Gasteiger partial charge is 0.489 e. The minimum absolute atomic E-state index is 0.0828. The highest BCUT2D eigenvalue weighted by atomic mass is 35.5. The van der Waals surface area contributed by atoms with Gasteiger partial charge >= 0.3 is 0 Å². The topological polar surface area (TPSA) is 95.1 Å². The van der Waals surface area contributed by atoms with Gasteiger partial charge in [-0.1, -0.05) is 35.0 Å². The van der Waals surface area contributed by atoms with Gasteiger partial charge in [-0.2, -0.15) is 0 Å².